The summed E-state index contributed by atoms with van der Waals surface area (Å²) < 4.78 is 21.1. The first-order valence-electron chi connectivity index (χ1n) is 11.5. The molecule has 0 fully saturated rings. The van der Waals surface area contributed by atoms with E-state index in [-0.39, 0.29) is 23.5 Å². The van der Waals surface area contributed by atoms with E-state index in [1.807, 2.05) is 60.7 Å². The minimum absolute atomic E-state index is 0.0311. The lowest BCUT2D eigenvalue weighted by Gasteiger charge is -2.13. The number of carbonyl (C=O) groups excluding carboxylic acids is 2. The van der Waals surface area contributed by atoms with Crippen molar-refractivity contribution < 1.29 is 33.6 Å². The zero-order valence-electron chi connectivity index (χ0n) is 20.5. The van der Waals surface area contributed by atoms with E-state index in [0.717, 1.165) is 30.4 Å². The van der Waals surface area contributed by atoms with E-state index in [0.29, 0.717) is 5.75 Å². The first kappa shape index (κ1) is 25.3. The predicted molar refractivity (Wildman–Crippen MR) is 137 cm³/mol. The minimum Gasteiger partial charge on any atom is -0.504 e. The third-order valence-electron chi connectivity index (χ3n) is 5.64. The topological polar surface area (TPSA) is 91.3 Å². The standard InChI is InChI=1S/C30H26O7/c1-34-29(32)25-15-16-26(28(31)27(25)30(33)35-2)36-19-21-11-13-23(14-12-21)37-24-10-6-9-22(18-24)17-20-7-4-3-5-8-20/h3-16,18,31H,17,19H2,1-2H3. The largest absolute Gasteiger partial charge is 0.504 e. The van der Waals surface area contributed by atoms with Gasteiger partial charge in [-0.25, -0.2) is 9.59 Å². The van der Waals surface area contributed by atoms with Gasteiger partial charge < -0.3 is 24.1 Å². The molecule has 0 aliphatic rings. The van der Waals surface area contributed by atoms with E-state index in [1.54, 1.807) is 0 Å². The zero-order valence-corrected chi connectivity index (χ0v) is 20.5. The minimum atomic E-state index is -0.877. The van der Waals surface area contributed by atoms with Gasteiger partial charge in [0.15, 0.2) is 11.5 Å². The van der Waals surface area contributed by atoms with E-state index in [4.69, 9.17) is 14.2 Å². The Bertz CT molecular complexity index is 1380. The van der Waals surface area contributed by atoms with Crippen molar-refractivity contribution in [3.63, 3.8) is 0 Å². The highest BCUT2D eigenvalue weighted by molar-refractivity contribution is 6.05. The van der Waals surface area contributed by atoms with Gasteiger partial charge >= 0.3 is 11.9 Å². The predicted octanol–water partition coefficient (Wildman–Crippen LogP) is 5.93. The van der Waals surface area contributed by atoms with Crippen LogP contribution in [0.15, 0.2) is 91.0 Å². The molecule has 4 rings (SSSR count). The van der Waals surface area contributed by atoms with Gasteiger partial charge in [0.1, 0.15) is 23.7 Å². The second-order valence-corrected chi connectivity index (χ2v) is 8.16. The van der Waals surface area contributed by atoms with Crippen LogP contribution in [0.25, 0.3) is 0 Å². The third-order valence-corrected chi connectivity index (χ3v) is 5.64. The number of esters is 2. The molecule has 0 bridgehead atoms. The van der Waals surface area contributed by atoms with Crippen LogP contribution in [0.3, 0.4) is 0 Å². The van der Waals surface area contributed by atoms with Gasteiger partial charge in [-0.2, -0.15) is 0 Å². The van der Waals surface area contributed by atoms with Gasteiger partial charge in [0.05, 0.1) is 19.8 Å². The molecule has 4 aromatic rings. The summed E-state index contributed by atoms with van der Waals surface area (Å²) in [7, 11) is 2.33. The summed E-state index contributed by atoms with van der Waals surface area (Å²) >= 11 is 0. The number of phenolic OH excluding ortho intramolecular Hbond substituents is 1. The Morgan fingerprint density at radius 1 is 0.703 bits per heavy atom. The van der Waals surface area contributed by atoms with E-state index in [1.165, 1.54) is 24.8 Å². The number of ether oxygens (including phenoxy) is 4. The van der Waals surface area contributed by atoms with Gasteiger partial charge in [0, 0.05) is 0 Å². The maximum Gasteiger partial charge on any atom is 0.342 e. The molecular weight excluding hydrogens is 472 g/mol. The van der Waals surface area contributed by atoms with Crippen LogP contribution in [0.1, 0.15) is 37.4 Å². The molecule has 37 heavy (non-hydrogen) atoms. The van der Waals surface area contributed by atoms with Crippen LogP contribution >= 0.6 is 0 Å². The number of hydrogen-bond acceptors (Lipinski definition) is 7. The highest BCUT2D eigenvalue weighted by atomic mass is 16.5. The average molecular weight is 499 g/mol. The van der Waals surface area contributed by atoms with E-state index in [2.05, 4.69) is 22.9 Å². The van der Waals surface area contributed by atoms with Crippen molar-refractivity contribution in [2.45, 2.75) is 13.0 Å². The SMILES string of the molecule is COC(=O)c1ccc(OCc2ccc(Oc3cccc(Cc4ccccc4)c3)cc2)c(O)c1C(=O)OC. The molecule has 0 radical (unpaired) electrons. The maximum absolute atomic E-state index is 12.1. The molecule has 0 spiro atoms. The second kappa shape index (κ2) is 11.8. The normalized spacial score (nSPS) is 10.4. The van der Waals surface area contributed by atoms with Crippen molar-refractivity contribution in [2.24, 2.45) is 0 Å². The highest BCUT2D eigenvalue weighted by Crippen LogP contribution is 2.34. The Hall–Kier alpha value is -4.78. The molecule has 0 saturated heterocycles. The summed E-state index contributed by atoms with van der Waals surface area (Å²) in [5.41, 5.74) is 2.76. The fourth-order valence-electron chi connectivity index (χ4n) is 3.78. The fourth-order valence-corrected chi connectivity index (χ4v) is 3.78. The maximum atomic E-state index is 12.1. The van der Waals surface area contributed by atoms with Gasteiger partial charge in [-0.05, 0) is 59.5 Å². The van der Waals surface area contributed by atoms with Crippen LogP contribution in [0.4, 0.5) is 0 Å². The molecule has 0 heterocycles. The van der Waals surface area contributed by atoms with Gasteiger partial charge in [-0.1, -0.05) is 54.6 Å². The summed E-state index contributed by atoms with van der Waals surface area (Å²) in [5.74, 6) is -0.711. The van der Waals surface area contributed by atoms with Crippen molar-refractivity contribution in [1.82, 2.24) is 0 Å². The van der Waals surface area contributed by atoms with Crippen molar-refractivity contribution in [2.75, 3.05) is 14.2 Å². The number of benzene rings is 4. The van der Waals surface area contributed by atoms with Gasteiger partial charge in [-0.15, -0.1) is 0 Å². The summed E-state index contributed by atoms with van der Waals surface area (Å²) in [5, 5.41) is 10.6. The lowest BCUT2D eigenvalue weighted by atomic mass is 10.1. The summed E-state index contributed by atoms with van der Waals surface area (Å²) in [4.78, 5) is 24.1. The summed E-state index contributed by atoms with van der Waals surface area (Å²) in [6.07, 6.45) is 0.819. The number of carbonyl (C=O) groups is 2. The molecule has 0 saturated carbocycles. The van der Waals surface area contributed by atoms with E-state index >= 15 is 0 Å². The number of aromatic hydroxyl groups is 1. The van der Waals surface area contributed by atoms with Crippen molar-refractivity contribution in [1.29, 1.82) is 0 Å². The van der Waals surface area contributed by atoms with E-state index in [9.17, 15) is 14.7 Å². The first-order chi connectivity index (χ1) is 18.0. The van der Waals surface area contributed by atoms with Crippen molar-refractivity contribution >= 4 is 11.9 Å². The van der Waals surface area contributed by atoms with E-state index < -0.39 is 17.7 Å². The van der Waals surface area contributed by atoms with Crippen LogP contribution in [-0.2, 0) is 22.5 Å². The number of rotatable bonds is 9. The monoisotopic (exact) mass is 498 g/mol. The molecule has 0 amide bonds. The molecule has 4 aromatic carbocycles. The lowest BCUT2D eigenvalue weighted by Crippen LogP contribution is -2.12. The Labute approximate surface area is 214 Å². The smallest absolute Gasteiger partial charge is 0.342 e. The Kier molecular flexibility index (Phi) is 8.05. The van der Waals surface area contributed by atoms with Gasteiger partial charge in [0.25, 0.3) is 0 Å². The molecule has 0 aliphatic heterocycles. The van der Waals surface area contributed by atoms with Crippen LogP contribution in [0, 0.1) is 0 Å². The Morgan fingerprint density at radius 2 is 1.41 bits per heavy atom. The molecule has 7 nitrogen and oxygen atoms in total. The molecule has 0 unspecified atom stereocenters. The molecule has 0 aromatic heterocycles. The number of phenols is 1. The van der Waals surface area contributed by atoms with Gasteiger partial charge in [0.2, 0.25) is 0 Å². The quantitative estimate of drug-likeness (QED) is 0.286. The van der Waals surface area contributed by atoms with Crippen LogP contribution < -0.4 is 9.47 Å². The molecule has 0 atom stereocenters. The van der Waals surface area contributed by atoms with Crippen molar-refractivity contribution in [3.8, 4) is 23.0 Å². The Balaban J connectivity index is 1.42. The van der Waals surface area contributed by atoms with Crippen LogP contribution in [-0.4, -0.2) is 31.3 Å². The fraction of sp³-hybridized carbons (Fsp3) is 0.133. The van der Waals surface area contributed by atoms with Crippen LogP contribution in [0.5, 0.6) is 23.0 Å². The average Bonchev–Trinajstić information content (AvgIpc) is 2.93. The summed E-state index contributed by atoms with van der Waals surface area (Å²) in [6.45, 7) is 0.110. The lowest BCUT2D eigenvalue weighted by molar-refractivity contribution is 0.0551. The van der Waals surface area contributed by atoms with Crippen LogP contribution in [0.2, 0.25) is 0 Å². The highest BCUT2D eigenvalue weighted by Gasteiger charge is 2.25. The van der Waals surface area contributed by atoms with Gasteiger partial charge in [-0.3, -0.25) is 0 Å². The molecule has 7 heteroatoms. The molecule has 0 aliphatic carbocycles. The Morgan fingerprint density at radius 3 is 2.11 bits per heavy atom. The second-order valence-electron chi connectivity index (χ2n) is 8.16. The molecular formula is C30H26O7. The first-order valence-corrected chi connectivity index (χ1v) is 11.5. The third kappa shape index (κ3) is 6.27. The molecule has 1 N–H and O–H groups in total. The number of hydrogen-bond donors (Lipinski definition) is 1. The zero-order chi connectivity index (χ0) is 26.2. The van der Waals surface area contributed by atoms with Crippen molar-refractivity contribution in [3.05, 3.63) is 119 Å². The number of methoxy groups -OCH3 is 2. The summed E-state index contributed by atoms with van der Waals surface area (Å²) in [6, 6.07) is 28.3. The molecule has 188 valence electrons.